The van der Waals surface area contributed by atoms with Crippen molar-refractivity contribution in [1.29, 1.82) is 0 Å². The molecule has 2 rings (SSSR count). The average molecular weight is 247 g/mol. The first-order valence-corrected chi connectivity index (χ1v) is 5.32. The lowest BCUT2D eigenvalue weighted by Crippen LogP contribution is -2.43. The molecule has 1 aromatic carbocycles. The quantitative estimate of drug-likeness (QED) is 0.393. The van der Waals surface area contributed by atoms with Crippen LogP contribution in [0.2, 0.25) is 0 Å². The normalized spacial score (nSPS) is 10.1. The molecule has 0 atom stereocenters. The maximum atomic E-state index is 11.6. The van der Waals surface area contributed by atoms with Gasteiger partial charge in [0.25, 0.3) is 0 Å². The molecule has 0 saturated carbocycles. The van der Waals surface area contributed by atoms with Crippen molar-refractivity contribution < 1.29 is 4.79 Å². The molecule has 0 radical (unpaired) electrons. The Morgan fingerprint density at radius 2 is 2.17 bits per heavy atom. The number of carbonyl (C=O) groups excluding carboxylic acids is 1. The number of nitrogens with two attached hydrogens (primary N) is 1. The number of hydrogen-bond donors (Lipinski definition) is 3. The van der Waals surface area contributed by atoms with Crippen LogP contribution in [0.25, 0.3) is 0 Å². The number of aromatic amines is 1. The summed E-state index contributed by atoms with van der Waals surface area (Å²) < 4.78 is 0. The van der Waals surface area contributed by atoms with Crippen LogP contribution >= 0.6 is 0 Å². The fourth-order valence-electron chi connectivity index (χ4n) is 1.37. The molecule has 1 aromatic heterocycles. The third-order valence-electron chi connectivity index (χ3n) is 2.24. The van der Waals surface area contributed by atoms with Crippen molar-refractivity contribution >= 4 is 6.03 Å². The maximum absolute atomic E-state index is 11.6. The van der Waals surface area contributed by atoms with Crippen LogP contribution < -0.4 is 11.2 Å². The molecule has 8 nitrogen and oxygen atoms in total. The van der Waals surface area contributed by atoms with Gasteiger partial charge in [-0.25, -0.2) is 10.6 Å². The van der Waals surface area contributed by atoms with Crippen LogP contribution in [0.3, 0.4) is 0 Å². The molecule has 2 aromatic rings. The van der Waals surface area contributed by atoms with E-state index in [9.17, 15) is 4.79 Å². The van der Waals surface area contributed by atoms with Gasteiger partial charge in [-0.1, -0.05) is 35.5 Å². The zero-order valence-corrected chi connectivity index (χ0v) is 9.58. The SMILES string of the molecule is NN(Cc1ccccc1)C(=O)NCc1nn[nH]n1. The van der Waals surface area contributed by atoms with Gasteiger partial charge >= 0.3 is 6.03 Å². The highest BCUT2D eigenvalue weighted by Gasteiger charge is 2.10. The Morgan fingerprint density at radius 3 is 2.83 bits per heavy atom. The van der Waals surface area contributed by atoms with Crippen LogP contribution in [0.1, 0.15) is 11.4 Å². The number of rotatable bonds is 4. The standard InChI is InChI=1S/C10H13N7O/c11-17(7-8-4-2-1-3-5-8)10(18)12-6-9-13-15-16-14-9/h1-5H,6-7,11H2,(H,12,18)(H,13,14,15,16). The van der Waals surface area contributed by atoms with Crippen LogP contribution in [0.5, 0.6) is 0 Å². The van der Waals surface area contributed by atoms with Crippen LogP contribution in [0.15, 0.2) is 30.3 Å². The van der Waals surface area contributed by atoms with E-state index in [1.54, 1.807) is 0 Å². The Labute approximate surface area is 103 Å². The van der Waals surface area contributed by atoms with Crippen LogP contribution in [-0.4, -0.2) is 31.7 Å². The van der Waals surface area contributed by atoms with E-state index in [2.05, 4.69) is 25.9 Å². The van der Waals surface area contributed by atoms with Crippen molar-refractivity contribution in [1.82, 2.24) is 30.9 Å². The molecule has 0 saturated heterocycles. The number of nitrogens with one attached hydrogen (secondary N) is 2. The van der Waals surface area contributed by atoms with Crippen molar-refractivity contribution in [3.05, 3.63) is 41.7 Å². The van der Waals surface area contributed by atoms with Crippen molar-refractivity contribution in [3.8, 4) is 0 Å². The van der Waals surface area contributed by atoms with Gasteiger partial charge in [-0.15, -0.1) is 10.2 Å². The number of hydrazine groups is 1. The van der Waals surface area contributed by atoms with Crippen molar-refractivity contribution in [2.75, 3.05) is 0 Å². The molecule has 94 valence electrons. The highest BCUT2D eigenvalue weighted by molar-refractivity contribution is 5.73. The molecular formula is C10H13N7O. The molecule has 8 heteroatoms. The Hall–Kier alpha value is -2.48. The minimum Gasteiger partial charge on any atom is -0.329 e. The second-order valence-corrected chi connectivity index (χ2v) is 3.60. The fourth-order valence-corrected chi connectivity index (χ4v) is 1.37. The fraction of sp³-hybridized carbons (Fsp3) is 0.200. The maximum Gasteiger partial charge on any atom is 0.332 e. The van der Waals surface area contributed by atoms with Crippen molar-refractivity contribution in [3.63, 3.8) is 0 Å². The zero-order chi connectivity index (χ0) is 12.8. The van der Waals surface area contributed by atoms with Crippen LogP contribution in [0, 0.1) is 0 Å². The summed E-state index contributed by atoms with van der Waals surface area (Å²) in [6.45, 7) is 0.511. The molecule has 1 heterocycles. The number of amides is 2. The minimum atomic E-state index is -0.399. The molecule has 2 amide bonds. The summed E-state index contributed by atoms with van der Waals surface area (Å²) in [6.07, 6.45) is 0. The third-order valence-corrected chi connectivity index (χ3v) is 2.24. The number of hydrogen-bond acceptors (Lipinski definition) is 5. The number of benzene rings is 1. The summed E-state index contributed by atoms with van der Waals surface area (Å²) in [4.78, 5) is 11.6. The molecule has 0 spiro atoms. The molecule has 0 bridgehead atoms. The molecule has 0 aliphatic rings. The predicted octanol–water partition coefficient (Wildman–Crippen LogP) is -0.215. The second kappa shape index (κ2) is 5.73. The van der Waals surface area contributed by atoms with E-state index in [1.807, 2.05) is 30.3 Å². The summed E-state index contributed by atoms with van der Waals surface area (Å²) in [5.74, 6) is 6.05. The summed E-state index contributed by atoms with van der Waals surface area (Å²) >= 11 is 0. The first-order chi connectivity index (χ1) is 8.75. The second-order valence-electron chi connectivity index (χ2n) is 3.60. The summed E-state index contributed by atoms with van der Waals surface area (Å²) in [5, 5.41) is 16.8. The number of aromatic nitrogens is 4. The molecule has 0 aliphatic carbocycles. The highest BCUT2D eigenvalue weighted by atomic mass is 16.2. The lowest BCUT2D eigenvalue weighted by molar-refractivity contribution is 0.195. The first kappa shape index (κ1) is 12.0. The number of tetrazole rings is 1. The van der Waals surface area contributed by atoms with E-state index in [0.717, 1.165) is 10.6 Å². The molecule has 0 aliphatic heterocycles. The average Bonchev–Trinajstić information content (AvgIpc) is 2.90. The largest absolute Gasteiger partial charge is 0.332 e. The molecule has 18 heavy (non-hydrogen) atoms. The molecule has 0 fully saturated rings. The van der Waals surface area contributed by atoms with Gasteiger partial charge in [0.1, 0.15) is 0 Å². The lowest BCUT2D eigenvalue weighted by atomic mass is 10.2. The van der Waals surface area contributed by atoms with Gasteiger partial charge in [0.05, 0.1) is 13.1 Å². The number of urea groups is 1. The molecule has 4 N–H and O–H groups in total. The van der Waals surface area contributed by atoms with Gasteiger partial charge in [-0.05, 0) is 5.56 Å². The van der Waals surface area contributed by atoms with E-state index in [0.29, 0.717) is 12.4 Å². The van der Waals surface area contributed by atoms with Gasteiger partial charge in [-0.2, -0.15) is 5.21 Å². The summed E-state index contributed by atoms with van der Waals surface area (Å²) in [6, 6.07) is 9.07. The number of nitrogens with zero attached hydrogens (tertiary/aromatic N) is 4. The molecular weight excluding hydrogens is 234 g/mol. The monoisotopic (exact) mass is 247 g/mol. The van der Waals surface area contributed by atoms with E-state index in [4.69, 9.17) is 5.84 Å². The number of carbonyl (C=O) groups is 1. The van der Waals surface area contributed by atoms with Crippen molar-refractivity contribution in [2.24, 2.45) is 5.84 Å². The van der Waals surface area contributed by atoms with Gasteiger partial charge in [0.15, 0.2) is 5.82 Å². The van der Waals surface area contributed by atoms with Gasteiger partial charge in [0, 0.05) is 0 Å². The van der Waals surface area contributed by atoms with Gasteiger partial charge < -0.3 is 5.32 Å². The predicted molar refractivity (Wildman–Crippen MR) is 62.6 cm³/mol. The Kier molecular flexibility index (Phi) is 3.82. The Balaban J connectivity index is 1.82. The summed E-state index contributed by atoms with van der Waals surface area (Å²) in [7, 11) is 0. The van der Waals surface area contributed by atoms with E-state index in [-0.39, 0.29) is 6.54 Å². The first-order valence-electron chi connectivity index (χ1n) is 5.32. The lowest BCUT2D eigenvalue weighted by Gasteiger charge is -2.16. The van der Waals surface area contributed by atoms with E-state index >= 15 is 0 Å². The highest BCUT2D eigenvalue weighted by Crippen LogP contribution is 2.01. The smallest absolute Gasteiger partial charge is 0.329 e. The summed E-state index contributed by atoms with van der Waals surface area (Å²) in [5.41, 5.74) is 0.953. The Morgan fingerprint density at radius 1 is 1.39 bits per heavy atom. The van der Waals surface area contributed by atoms with Crippen LogP contribution in [0.4, 0.5) is 4.79 Å². The number of H-pyrrole nitrogens is 1. The van der Waals surface area contributed by atoms with E-state index in [1.165, 1.54) is 0 Å². The van der Waals surface area contributed by atoms with Gasteiger partial charge in [-0.3, -0.25) is 5.01 Å². The van der Waals surface area contributed by atoms with Gasteiger partial charge in [0.2, 0.25) is 0 Å². The van der Waals surface area contributed by atoms with Crippen LogP contribution in [-0.2, 0) is 13.1 Å². The Bertz CT molecular complexity index is 484. The minimum absolute atomic E-state index is 0.178. The molecule has 0 unspecified atom stereocenters. The zero-order valence-electron chi connectivity index (χ0n) is 9.58. The van der Waals surface area contributed by atoms with Crippen molar-refractivity contribution in [2.45, 2.75) is 13.1 Å². The van der Waals surface area contributed by atoms with E-state index < -0.39 is 6.03 Å². The third kappa shape index (κ3) is 3.25. The topological polar surface area (TPSA) is 113 Å².